The summed E-state index contributed by atoms with van der Waals surface area (Å²) < 4.78 is 0. The van der Waals surface area contributed by atoms with Crippen LogP contribution < -0.4 is 0 Å². The molecule has 1 nitrogen and oxygen atoms in total. The molecule has 0 aliphatic carbocycles. The molecule has 0 amide bonds. The zero-order valence-electron chi connectivity index (χ0n) is 10.8. The summed E-state index contributed by atoms with van der Waals surface area (Å²) >= 11 is 0. The summed E-state index contributed by atoms with van der Waals surface area (Å²) in [6.45, 7) is 5.85. The molecule has 0 saturated carbocycles. The number of rotatable bonds is 11. The fourth-order valence-corrected chi connectivity index (χ4v) is 1.79. The Morgan fingerprint density at radius 2 is 1.75 bits per heavy atom. The minimum Gasteiger partial charge on any atom is -0.393 e. The lowest BCUT2D eigenvalue weighted by Crippen LogP contribution is -2.05. The maximum Gasteiger partial charge on any atom is 0.0540 e. The van der Waals surface area contributed by atoms with Gasteiger partial charge in [-0.2, -0.15) is 0 Å². The largest absolute Gasteiger partial charge is 0.393 e. The van der Waals surface area contributed by atoms with Crippen LogP contribution in [-0.4, -0.2) is 11.2 Å². The van der Waals surface area contributed by atoms with Gasteiger partial charge in [-0.05, 0) is 25.7 Å². The molecule has 1 unspecified atom stereocenters. The van der Waals surface area contributed by atoms with Gasteiger partial charge in [0.1, 0.15) is 0 Å². The number of hydrogen-bond acceptors (Lipinski definition) is 1. The fraction of sp³-hybridized carbons (Fsp3) is 0.733. The third-order valence-electron chi connectivity index (χ3n) is 2.82. The van der Waals surface area contributed by atoms with E-state index in [9.17, 15) is 5.11 Å². The number of aliphatic hydroxyl groups excluding tert-OH is 1. The van der Waals surface area contributed by atoms with Crippen molar-refractivity contribution in [1.29, 1.82) is 0 Å². The van der Waals surface area contributed by atoms with E-state index >= 15 is 0 Å². The molecular formula is C15H28O. The van der Waals surface area contributed by atoms with Gasteiger partial charge in [0, 0.05) is 0 Å². The topological polar surface area (TPSA) is 20.2 Å². The van der Waals surface area contributed by atoms with Crippen molar-refractivity contribution < 1.29 is 5.11 Å². The van der Waals surface area contributed by atoms with E-state index in [2.05, 4.69) is 19.6 Å². The van der Waals surface area contributed by atoms with Crippen LogP contribution in [0.5, 0.6) is 0 Å². The van der Waals surface area contributed by atoms with Gasteiger partial charge in [0.05, 0.1) is 6.10 Å². The summed E-state index contributed by atoms with van der Waals surface area (Å²) in [5.74, 6) is 0. The Morgan fingerprint density at radius 1 is 1.06 bits per heavy atom. The molecule has 0 aliphatic heterocycles. The van der Waals surface area contributed by atoms with Crippen LogP contribution in [0.25, 0.3) is 0 Å². The summed E-state index contributed by atoms with van der Waals surface area (Å²) in [6, 6.07) is 0. The summed E-state index contributed by atoms with van der Waals surface area (Å²) in [7, 11) is 0. The molecule has 0 aliphatic rings. The highest BCUT2D eigenvalue weighted by atomic mass is 16.3. The summed E-state index contributed by atoms with van der Waals surface area (Å²) in [4.78, 5) is 0. The predicted molar refractivity (Wildman–Crippen MR) is 72.6 cm³/mol. The molecule has 1 heteroatoms. The highest BCUT2D eigenvalue weighted by Crippen LogP contribution is 2.11. The van der Waals surface area contributed by atoms with Crippen LogP contribution >= 0.6 is 0 Å². The minimum atomic E-state index is -0.0845. The Hall–Kier alpha value is -0.560. The minimum absolute atomic E-state index is 0.0845. The molecule has 0 rings (SSSR count). The lowest BCUT2D eigenvalue weighted by Gasteiger charge is -2.09. The second-order valence-electron chi connectivity index (χ2n) is 4.45. The van der Waals surface area contributed by atoms with Gasteiger partial charge in [0.15, 0.2) is 0 Å². The van der Waals surface area contributed by atoms with Crippen LogP contribution in [0.15, 0.2) is 24.8 Å². The van der Waals surface area contributed by atoms with Crippen molar-refractivity contribution in [3.8, 4) is 0 Å². The van der Waals surface area contributed by atoms with E-state index in [4.69, 9.17) is 0 Å². The molecule has 94 valence electrons. The van der Waals surface area contributed by atoms with Crippen molar-refractivity contribution >= 4 is 0 Å². The Kier molecular flexibility index (Phi) is 12.1. The van der Waals surface area contributed by atoms with Gasteiger partial charge in [0.25, 0.3) is 0 Å². The first-order valence-electron chi connectivity index (χ1n) is 6.76. The molecule has 1 N–H and O–H groups in total. The van der Waals surface area contributed by atoms with E-state index in [1.807, 2.05) is 6.08 Å². The van der Waals surface area contributed by atoms with E-state index < -0.39 is 0 Å². The van der Waals surface area contributed by atoms with Gasteiger partial charge >= 0.3 is 0 Å². The molecule has 0 radical (unpaired) electrons. The Balaban J connectivity index is 3.20. The van der Waals surface area contributed by atoms with Crippen LogP contribution in [0.2, 0.25) is 0 Å². The number of unbranched alkanes of at least 4 members (excludes halogenated alkanes) is 5. The van der Waals surface area contributed by atoms with E-state index in [0.29, 0.717) is 0 Å². The standard InChI is InChI=1S/C15H28O/c1-3-5-7-9-11-13-15(16)14-12-10-8-6-4-2/h3,5,7,15-16H,1,4,6,8-14H2,2H3. The fourth-order valence-electron chi connectivity index (χ4n) is 1.79. The number of hydrogen-bond donors (Lipinski definition) is 1. The molecule has 0 fully saturated rings. The van der Waals surface area contributed by atoms with E-state index in [-0.39, 0.29) is 6.10 Å². The van der Waals surface area contributed by atoms with Crippen molar-refractivity contribution in [2.24, 2.45) is 0 Å². The van der Waals surface area contributed by atoms with Crippen LogP contribution in [0.1, 0.15) is 64.7 Å². The summed E-state index contributed by atoms with van der Waals surface area (Å²) in [6.07, 6.45) is 16.3. The molecule has 0 saturated heterocycles. The monoisotopic (exact) mass is 224 g/mol. The van der Waals surface area contributed by atoms with Crippen LogP contribution in [0, 0.1) is 0 Å². The van der Waals surface area contributed by atoms with Gasteiger partial charge in [0.2, 0.25) is 0 Å². The Morgan fingerprint density at radius 3 is 2.44 bits per heavy atom. The molecule has 0 aromatic rings. The van der Waals surface area contributed by atoms with Gasteiger partial charge in [-0.3, -0.25) is 0 Å². The van der Waals surface area contributed by atoms with Crippen molar-refractivity contribution in [1.82, 2.24) is 0 Å². The Bertz CT molecular complexity index is 172. The molecule has 0 aromatic carbocycles. The molecule has 1 atom stereocenters. The highest BCUT2D eigenvalue weighted by Gasteiger charge is 2.02. The molecule has 0 spiro atoms. The maximum absolute atomic E-state index is 9.72. The molecule has 0 heterocycles. The van der Waals surface area contributed by atoms with Crippen molar-refractivity contribution in [2.45, 2.75) is 70.8 Å². The zero-order valence-corrected chi connectivity index (χ0v) is 10.8. The quantitative estimate of drug-likeness (QED) is 0.401. The molecular weight excluding hydrogens is 196 g/mol. The SMILES string of the molecule is C=CC=CCCCC(O)CCCCCCC. The average molecular weight is 224 g/mol. The average Bonchev–Trinajstić information content (AvgIpc) is 2.28. The van der Waals surface area contributed by atoms with Crippen molar-refractivity contribution in [2.75, 3.05) is 0 Å². The second-order valence-corrected chi connectivity index (χ2v) is 4.45. The van der Waals surface area contributed by atoms with Crippen molar-refractivity contribution in [3.63, 3.8) is 0 Å². The normalized spacial score (nSPS) is 13.1. The van der Waals surface area contributed by atoms with Gasteiger partial charge < -0.3 is 5.11 Å². The lowest BCUT2D eigenvalue weighted by molar-refractivity contribution is 0.148. The Labute approximate surface area is 101 Å². The van der Waals surface area contributed by atoms with E-state index in [1.54, 1.807) is 6.08 Å². The molecule has 0 aromatic heterocycles. The van der Waals surface area contributed by atoms with Crippen LogP contribution in [-0.2, 0) is 0 Å². The van der Waals surface area contributed by atoms with Gasteiger partial charge in [-0.15, -0.1) is 0 Å². The number of allylic oxidation sites excluding steroid dienone is 3. The summed E-state index contributed by atoms with van der Waals surface area (Å²) in [5.41, 5.74) is 0. The van der Waals surface area contributed by atoms with Crippen LogP contribution in [0.3, 0.4) is 0 Å². The van der Waals surface area contributed by atoms with E-state index in [0.717, 1.165) is 25.7 Å². The lowest BCUT2D eigenvalue weighted by atomic mass is 10.0. The smallest absolute Gasteiger partial charge is 0.0540 e. The number of aliphatic hydroxyl groups is 1. The molecule has 16 heavy (non-hydrogen) atoms. The van der Waals surface area contributed by atoms with Crippen LogP contribution in [0.4, 0.5) is 0 Å². The third-order valence-corrected chi connectivity index (χ3v) is 2.82. The predicted octanol–water partition coefficient (Wildman–Crippen LogP) is 4.62. The summed E-state index contributed by atoms with van der Waals surface area (Å²) in [5, 5.41) is 9.72. The first kappa shape index (κ1) is 15.4. The first-order chi connectivity index (χ1) is 7.81. The third kappa shape index (κ3) is 11.5. The van der Waals surface area contributed by atoms with Gasteiger partial charge in [-0.25, -0.2) is 0 Å². The van der Waals surface area contributed by atoms with Crippen molar-refractivity contribution in [3.05, 3.63) is 24.8 Å². The molecule has 0 bridgehead atoms. The highest BCUT2D eigenvalue weighted by molar-refractivity contribution is 4.96. The first-order valence-corrected chi connectivity index (χ1v) is 6.76. The van der Waals surface area contributed by atoms with E-state index in [1.165, 1.54) is 32.1 Å². The second kappa shape index (κ2) is 12.5. The maximum atomic E-state index is 9.72. The van der Waals surface area contributed by atoms with Gasteiger partial charge in [-0.1, -0.05) is 63.8 Å². The zero-order chi connectivity index (χ0) is 12.1.